The molecule has 1 aliphatic heterocycles. The second-order valence-corrected chi connectivity index (χ2v) is 6.66. The molecular formula is C19H33IN4O2. The largest absolute Gasteiger partial charge is 0.493 e. The van der Waals surface area contributed by atoms with Gasteiger partial charge in [0.05, 0.1) is 20.8 Å². The van der Waals surface area contributed by atoms with Crippen LogP contribution in [0.15, 0.2) is 23.2 Å². The van der Waals surface area contributed by atoms with Gasteiger partial charge in [-0.05, 0) is 56.0 Å². The number of hydrogen-bond acceptors (Lipinski definition) is 4. The maximum Gasteiger partial charge on any atom is 0.188 e. The number of halogens is 1. The van der Waals surface area contributed by atoms with E-state index < -0.39 is 0 Å². The predicted molar refractivity (Wildman–Crippen MR) is 118 cm³/mol. The minimum atomic E-state index is 0. The lowest BCUT2D eigenvalue weighted by atomic mass is 9.99. The number of ether oxygens (including phenoxy) is 2. The molecule has 0 radical (unpaired) electrons. The summed E-state index contributed by atoms with van der Waals surface area (Å²) in [6.45, 7) is 7.18. The highest BCUT2D eigenvalue weighted by Crippen LogP contribution is 2.27. The topological polar surface area (TPSA) is 72.1 Å². The van der Waals surface area contributed by atoms with Crippen molar-refractivity contribution in [2.45, 2.75) is 26.2 Å². The molecule has 0 spiro atoms. The first-order chi connectivity index (χ1) is 12.1. The van der Waals surface area contributed by atoms with Crippen LogP contribution in [0.1, 0.15) is 25.3 Å². The molecule has 0 aromatic heterocycles. The van der Waals surface area contributed by atoms with Crippen LogP contribution in [0.4, 0.5) is 0 Å². The number of nitrogens with two attached hydrogens (primary N) is 1. The summed E-state index contributed by atoms with van der Waals surface area (Å²) in [7, 11) is 3.29. The van der Waals surface area contributed by atoms with Crippen molar-refractivity contribution < 1.29 is 9.47 Å². The molecule has 0 amide bonds. The van der Waals surface area contributed by atoms with Gasteiger partial charge in [0, 0.05) is 13.1 Å². The fourth-order valence-electron chi connectivity index (χ4n) is 3.02. The second-order valence-electron chi connectivity index (χ2n) is 6.66. The van der Waals surface area contributed by atoms with E-state index >= 15 is 0 Å². The summed E-state index contributed by atoms with van der Waals surface area (Å²) < 4.78 is 10.6. The number of hydrogen-bond donors (Lipinski definition) is 2. The molecule has 1 aromatic rings. The quantitative estimate of drug-likeness (QED) is 0.343. The molecule has 26 heavy (non-hydrogen) atoms. The van der Waals surface area contributed by atoms with Crippen molar-refractivity contribution in [1.82, 2.24) is 10.2 Å². The van der Waals surface area contributed by atoms with E-state index in [1.807, 2.05) is 18.2 Å². The Morgan fingerprint density at radius 2 is 1.92 bits per heavy atom. The first-order valence-electron chi connectivity index (χ1n) is 9.09. The molecular weight excluding hydrogens is 443 g/mol. The van der Waals surface area contributed by atoms with Gasteiger partial charge in [0.25, 0.3) is 0 Å². The fourth-order valence-corrected chi connectivity index (χ4v) is 3.02. The highest BCUT2D eigenvalue weighted by atomic mass is 127. The zero-order valence-electron chi connectivity index (χ0n) is 16.2. The number of rotatable bonds is 8. The van der Waals surface area contributed by atoms with Crippen molar-refractivity contribution in [3.63, 3.8) is 0 Å². The first-order valence-corrected chi connectivity index (χ1v) is 9.09. The van der Waals surface area contributed by atoms with E-state index in [1.165, 1.54) is 31.5 Å². The Morgan fingerprint density at radius 1 is 1.23 bits per heavy atom. The standard InChI is InChI=1S/C19H32N4O2.HI/c1-15-7-11-23(12-8-15)13-10-22-19(20)21-9-6-16-4-5-17(24-2)18(14-16)25-3;/h4-5,14-15H,6-13H2,1-3H3,(H3,20,21,22);1H. The van der Waals surface area contributed by atoms with Gasteiger partial charge in [-0.1, -0.05) is 13.0 Å². The molecule has 7 heteroatoms. The SMILES string of the molecule is COc1ccc(CCNC(N)=NCCN2CCC(C)CC2)cc1OC.I. The van der Waals surface area contributed by atoms with Crippen molar-refractivity contribution in [1.29, 1.82) is 0 Å². The van der Waals surface area contributed by atoms with Crippen LogP contribution in [0, 0.1) is 5.92 Å². The number of benzene rings is 1. The number of guanidine groups is 1. The molecule has 0 bridgehead atoms. The van der Waals surface area contributed by atoms with Crippen LogP contribution in [0.2, 0.25) is 0 Å². The zero-order valence-corrected chi connectivity index (χ0v) is 18.5. The van der Waals surface area contributed by atoms with E-state index in [0.717, 1.165) is 43.5 Å². The lowest BCUT2D eigenvalue weighted by Gasteiger charge is -2.29. The molecule has 1 fully saturated rings. The molecule has 1 saturated heterocycles. The Kier molecular flexibility index (Phi) is 10.7. The molecule has 6 nitrogen and oxygen atoms in total. The van der Waals surface area contributed by atoms with E-state index in [9.17, 15) is 0 Å². The number of aliphatic imine (C=N–C) groups is 1. The van der Waals surface area contributed by atoms with Crippen LogP contribution in [0.3, 0.4) is 0 Å². The maximum atomic E-state index is 5.95. The molecule has 0 saturated carbocycles. The molecule has 1 aromatic carbocycles. The highest BCUT2D eigenvalue weighted by molar-refractivity contribution is 14.0. The van der Waals surface area contributed by atoms with E-state index in [1.54, 1.807) is 14.2 Å². The summed E-state index contributed by atoms with van der Waals surface area (Å²) in [4.78, 5) is 6.90. The van der Waals surface area contributed by atoms with Crippen molar-refractivity contribution in [3.8, 4) is 11.5 Å². The van der Waals surface area contributed by atoms with Gasteiger partial charge in [-0.15, -0.1) is 24.0 Å². The number of piperidine rings is 1. The van der Waals surface area contributed by atoms with Crippen LogP contribution >= 0.6 is 24.0 Å². The number of likely N-dealkylation sites (tertiary alicyclic amines) is 1. The van der Waals surface area contributed by atoms with Crippen LogP contribution in [-0.2, 0) is 6.42 Å². The van der Waals surface area contributed by atoms with Gasteiger partial charge >= 0.3 is 0 Å². The summed E-state index contributed by atoms with van der Waals surface area (Å²) in [6, 6.07) is 5.95. The third-order valence-electron chi connectivity index (χ3n) is 4.74. The molecule has 148 valence electrons. The Morgan fingerprint density at radius 3 is 2.58 bits per heavy atom. The summed E-state index contributed by atoms with van der Waals surface area (Å²) in [5, 5.41) is 3.18. The van der Waals surface area contributed by atoms with Crippen molar-refractivity contribution in [2.75, 3.05) is 46.9 Å². The Labute approximate surface area is 174 Å². The summed E-state index contributed by atoms with van der Waals surface area (Å²) in [5.41, 5.74) is 7.12. The average Bonchev–Trinajstić information content (AvgIpc) is 2.63. The van der Waals surface area contributed by atoms with Gasteiger partial charge in [0.2, 0.25) is 0 Å². The van der Waals surface area contributed by atoms with Crippen molar-refractivity contribution in [3.05, 3.63) is 23.8 Å². The lowest BCUT2D eigenvalue weighted by molar-refractivity contribution is 0.197. The highest BCUT2D eigenvalue weighted by Gasteiger charge is 2.14. The molecule has 1 heterocycles. The Balaban J connectivity index is 0.00000338. The van der Waals surface area contributed by atoms with Gasteiger partial charge in [-0.2, -0.15) is 0 Å². The first kappa shape index (κ1) is 22.8. The van der Waals surface area contributed by atoms with E-state index in [4.69, 9.17) is 15.2 Å². The van der Waals surface area contributed by atoms with Crippen molar-refractivity contribution >= 4 is 29.9 Å². The zero-order chi connectivity index (χ0) is 18.1. The van der Waals surface area contributed by atoms with Gasteiger partial charge in [-0.3, -0.25) is 4.99 Å². The second kappa shape index (κ2) is 12.2. The maximum absolute atomic E-state index is 5.95. The van der Waals surface area contributed by atoms with E-state index in [2.05, 4.69) is 22.1 Å². The van der Waals surface area contributed by atoms with Gasteiger partial charge in [-0.25, -0.2) is 0 Å². The number of nitrogens with one attached hydrogen (secondary N) is 1. The average molecular weight is 476 g/mol. The van der Waals surface area contributed by atoms with Crippen LogP contribution in [-0.4, -0.2) is 57.8 Å². The smallest absolute Gasteiger partial charge is 0.188 e. The fraction of sp³-hybridized carbons (Fsp3) is 0.632. The number of nitrogens with zero attached hydrogens (tertiary/aromatic N) is 2. The van der Waals surface area contributed by atoms with Crippen LogP contribution in [0.25, 0.3) is 0 Å². The summed E-state index contributed by atoms with van der Waals surface area (Å²) in [6.07, 6.45) is 3.44. The molecule has 3 N–H and O–H groups in total. The van der Waals surface area contributed by atoms with E-state index in [0.29, 0.717) is 5.96 Å². The number of methoxy groups -OCH3 is 2. The third-order valence-corrected chi connectivity index (χ3v) is 4.74. The molecule has 0 atom stereocenters. The predicted octanol–water partition coefficient (Wildman–Crippen LogP) is 2.50. The minimum Gasteiger partial charge on any atom is -0.493 e. The molecule has 0 unspecified atom stereocenters. The monoisotopic (exact) mass is 476 g/mol. The minimum absolute atomic E-state index is 0. The normalized spacial score (nSPS) is 16.0. The van der Waals surface area contributed by atoms with Crippen LogP contribution < -0.4 is 20.5 Å². The molecule has 2 rings (SSSR count). The lowest BCUT2D eigenvalue weighted by Crippen LogP contribution is -2.36. The van der Waals surface area contributed by atoms with E-state index in [-0.39, 0.29) is 24.0 Å². The Hall–Kier alpha value is -1.22. The summed E-state index contributed by atoms with van der Waals surface area (Å²) in [5.74, 6) is 2.87. The van der Waals surface area contributed by atoms with Gasteiger partial charge in [0.15, 0.2) is 17.5 Å². The summed E-state index contributed by atoms with van der Waals surface area (Å²) >= 11 is 0. The van der Waals surface area contributed by atoms with Gasteiger partial charge in [0.1, 0.15) is 0 Å². The van der Waals surface area contributed by atoms with Gasteiger partial charge < -0.3 is 25.4 Å². The Bertz CT molecular complexity index is 560. The third kappa shape index (κ3) is 7.57. The molecule has 1 aliphatic rings. The van der Waals surface area contributed by atoms with Crippen molar-refractivity contribution in [2.24, 2.45) is 16.6 Å². The van der Waals surface area contributed by atoms with Crippen LogP contribution in [0.5, 0.6) is 11.5 Å². The molecule has 0 aliphatic carbocycles.